The van der Waals surface area contributed by atoms with Crippen LogP contribution in [-0.2, 0) is 67.5 Å². The molecule has 0 aromatic heterocycles. The van der Waals surface area contributed by atoms with Crippen LogP contribution in [0.15, 0.2) is 17.3 Å². The van der Waals surface area contributed by atoms with Crippen LogP contribution < -0.4 is 5.32 Å². The van der Waals surface area contributed by atoms with Gasteiger partial charge in [-0.3, -0.25) is 24.4 Å². The van der Waals surface area contributed by atoms with E-state index in [-0.39, 0.29) is 44.4 Å². The zero-order chi connectivity index (χ0) is 37.2. The van der Waals surface area contributed by atoms with Crippen LogP contribution in [0.1, 0.15) is 90.9 Å². The SMILES string of the molecule is C=C(CO)OC(=O)CCCCCOC(=O)C(C)OOO/C=N/CCCCCCNC(=O)OOC(C)C(=O)OCCCCCC(=O)OCCOC. The molecule has 18 heteroatoms. The summed E-state index contributed by atoms with van der Waals surface area (Å²) in [6.07, 6.45) is 5.13. The quantitative estimate of drug-likeness (QED) is 0.0148. The highest BCUT2D eigenvalue weighted by atomic mass is 17.5. The average Bonchev–Trinajstić information content (AvgIpc) is 3.10. The van der Waals surface area contributed by atoms with E-state index in [1.54, 1.807) is 0 Å². The lowest BCUT2D eigenvalue weighted by molar-refractivity contribution is -0.483. The van der Waals surface area contributed by atoms with E-state index in [1.165, 1.54) is 21.0 Å². The zero-order valence-electron chi connectivity index (χ0n) is 29.4. The van der Waals surface area contributed by atoms with Gasteiger partial charge in [0, 0.05) is 33.0 Å². The molecule has 0 radical (unpaired) electrons. The number of aliphatic imine (C=N–C) groups is 1. The second-order valence-corrected chi connectivity index (χ2v) is 10.7. The Morgan fingerprint density at radius 2 is 1.34 bits per heavy atom. The van der Waals surface area contributed by atoms with Crippen molar-refractivity contribution >= 4 is 36.4 Å². The number of esters is 4. The van der Waals surface area contributed by atoms with Gasteiger partial charge >= 0.3 is 30.0 Å². The van der Waals surface area contributed by atoms with E-state index >= 15 is 0 Å². The molecule has 0 aliphatic carbocycles. The molecule has 2 atom stereocenters. The number of hydrogen-bond acceptors (Lipinski definition) is 17. The monoisotopic (exact) mass is 722 g/mol. The first-order valence-corrected chi connectivity index (χ1v) is 16.7. The number of ether oxygens (including phenoxy) is 5. The number of nitrogens with one attached hydrogen (secondary N) is 1. The first-order chi connectivity index (χ1) is 24.1. The third-order valence-corrected chi connectivity index (χ3v) is 6.28. The van der Waals surface area contributed by atoms with Gasteiger partial charge in [0.15, 0.2) is 12.2 Å². The van der Waals surface area contributed by atoms with Crippen LogP contribution in [0.5, 0.6) is 0 Å². The van der Waals surface area contributed by atoms with Crippen molar-refractivity contribution in [3.05, 3.63) is 12.3 Å². The van der Waals surface area contributed by atoms with Crippen LogP contribution in [0.25, 0.3) is 0 Å². The lowest BCUT2D eigenvalue weighted by Crippen LogP contribution is -2.30. The summed E-state index contributed by atoms with van der Waals surface area (Å²) >= 11 is 0. The standard InChI is InChI=1S/C32H54N2O16/c1-25(23-35)46-29(37)16-10-8-14-20-44-31(39)27(3)48-50-45-24-33-17-11-5-6-12-18-34-32(40)49-47-26(2)30(38)43-19-13-7-9-15-28(36)42-22-21-41-4/h24,26-27,35H,1,5-23H2,2-4H3,(H,34,40)/b33-24+. The Morgan fingerprint density at radius 3 is 1.98 bits per heavy atom. The van der Waals surface area contributed by atoms with Crippen molar-refractivity contribution in [3.63, 3.8) is 0 Å². The van der Waals surface area contributed by atoms with Gasteiger partial charge < -0.3 is 34.1 Å². The molecule has 0 rings (SSSR count). The van der Waals surface area contributed by atoms with Gasteiger partial charge in [-0.1, -0.05) is 19.4 Å². The second kappa shape index (κ2) is 32.4. The molecule has 18 nitrogen and oxygen atoms in total. The van der Waals surface area contributed by atoms with E-state index in [0.29, 0.717) is 64.6 Å². The number of nitrogens with zero attached hydrogens (tertiary/aromatic N) is 1. The van der Waals surface area contributed by atoms with E-state index in [9.17, 15) is 24.0 Å². The van der Waals surface area contributed by atoms with Gasteiger partial charge in [0.2, 0.25) is 6.40 Å². The van der Waals surface area contributed by atoms with Crippen molar-refractivity contribution in [2.45, 2.75) is 103 Å². The Bertz CT molecular complexity index is 993. The molecular weight excluding hydrogens is 668 g/mol. The van der Waals surface area contributed by atoms with Crippen molar-refractivity contribution in [1.29, 1.82) is 0 Å². The first kappa shape index (κ1) is 46.2. The molecule has 2 unspecified atom stereocenters. The molecule has 0 aliphatic heterocycles. The van der Waals surface area contributed by atoms with E-state index in [1.807, 2.05) is 0 Å². The second-order valence-electron chi connectivity index (χ2n) is 10.7. The molecule has 0 saturated heterocycles. The fraction of sp³-hybridized carbons (Fsp3) is 0.750. The van der Waals surface area contributed by atoms with Crippen LogP contribution in [0.3, 0.4) is 0 Å². The molecule has 288 valence electrons. The van der Waals surface area contributed by atoms with E-state index in [2.05, 4.69) is 31.7 Å². The third-order valence-electron chi connectivity index (χ3n) is 6.28. The summed E-state index contributed by atoms with van der Waals surface area (Å²) in [6, 6.07) is 0. The fourth-order valence-corrected chi connectivity index (χ4v) is 3.51. The Kier molecular flexibility index (Phi) is 29.9. The van der Waals surface area contributed by atoms with E-state index in [0.717, 1.165) is 25.7 Å². The summed E-state index contributed by atoms with van der Waals surface area (Å²) in [5.41, 5.74) is 0. The molecule has 0 heterocycles. The number of carbonyl (C=O) groups is 5. The van der Waals surface area contributed by atoms with Crippen LogP contribution in [0.4, 0.5) is 4.79 Å². The number of aliphatic hydroxyl groups excluding tert-OH is 1. The zero-order valence-corrected chi connectivity index (χ0v) is 29.4. The lowest BCUT2D eigenvalue weighted by atomic mass is 10.2. The summed E-state index contributed by atoms with van der Waals surface area (Å²) in [6.45, 7) is 7.43. The number of unbranched alkanes of at least 4 members (excludes halogenated alkanes) is 7. The Balaban J connectivity index is 3.64. The molecule has 0 saturated carbocycles. The van der Waals surface area contributed by atoms with Crippen molar-refractivity contribution in [2.75, 3.05) is 53.2 Å². The van der Waals surface area contributed by atoms with Gasteiger partial charge in [0.25, 0.3) is 0 Å². The maximum Gasteiger partial charge on any atom is 0.438 e. The first-order valence-electron chi connectivity index (χ1n) is 16.7. The van der Waals surface area contributed by atoms with Crippen LogP contribution in [-0.4, -0.2) is 107 Å². The highest BCUT2D eigenvalue weighted by molar-refractivity contribution is 5.74. The minimum absolute atomic E-state index is 0.00376. The molecule has 0 fully saturated rings. The van der Waals surface area contributed by atoms with Crippen LogP contribution in [0, 0.1) is 0 Å². The number of hydrogen-bond donors (Lipinski definition) is 2. The maximum atomic E-state index is 11.9. The average molecular weight is 723 g/mol. The largest absolute Gasteiger partial charge is 0.464 e. The molecule has 0 spiro atoms. The summed E-state index contributed by atoms with van der Waals surface area (Å²) in [5.74, 6) is -2.11. The molecule has 0 aromatic carbocycles. The molecule has 0 bridgehead atoms. The number of carbonyl (C=O) groups excluding carboxylic acids is 5. The maximum absolute atomic E-state index is 11.9. The molecule has 0 aliphatic rings. The minimum Gasteiger partial charge on any atom is -0.464 e. The number of aliphatic hydroxyl groups is 1. The minimum atomic E-state index is -1.10. The van der Waals surface area contributed by atoms with Crippen molar-refractivity contribution in [3.8, 4) is 0 Å². The molecule has 0 aromatic rings. The molecule has 50 heavy (non-hydrogen) atoms. The smallest absolute Gasteiger partial charge is 0.438 e. The van der Waals surface area contributed by atoms with E-state index < -0.39 is 42.8 Å². The van der Waals surface area contributed by atoms with Gasteiger partial charge in [0.1, 0.15) is 19.0 Å². The van der Waals surface area contributed by atoms with Gasteiger partial charge in [0.05, 0.1) is 19.8 Å². The third kappa shape index (κ3) is 29.1. The Labute approximate surface area is 292 Å². The highest BCUT2D eigenvalue weighted by Crippen LogP contribution is 2.06. The van der Waals surface area contributed by atoms with Crippen molar-refractivity contribution in [2.24, 2.45) is 4.99 Å². The number of methoxy groups -OCH3 is 1. The normalized spacial score (nSPS) is 12.1. The molecule has 1 amide bonds. The summed E-state index contributed by atoms with van der Waals surface area (Å²) in [5, 5.41) is 15.8. The van der Waals surface area contributed by atoms with Crippen LogP contribution >= 0.6 is 0 Å². The Hall–Kier alpha value is -3.84. The Morgan fingerprint density at radius 1 is 0.740 bits per heavy atom. The molecule has 2 N–H and O–H groups in total. The van der Waals surface area contributed by atoms with Gasteiger partial charge in [-0.05, 0) is 70.3 Å². The summed E-state index contributed by atoms with van der Waals surface area (Å²) < 4.78 is 24.6. The van der Waals surface area contributed by atoms with Crippen LogP contribution in [0.2, 0.25) is 0 Å². The van der Waals surface area contributed by atoms with Gasteiger partial charge in [-0.15, -0.1) is 0 Å². The molecular formula is C32H54N2O16. The highest BCUT2D eigenvalue weighted by Gasteiger charge is 2.19. The fourth-order valence-electron chi connectivity index (χ4n) is 3.51. The summed E-state index contributed by atoms with van der Waals surface area (Å²) in [7, 11) is 1.52. The lowest BCUT2D eigenvalue weighted by Gasteiger charge is -2.11. The van der Waals surface area contributed by atoms with Crippen molar-refractivity contribution in [1.82, 2.24) is 5.32 Å². The van der Waals surface area contributed by atoms with Gasteiger partial charge in [-0.25, -0.2) is 14.4 Å². The van der Waals surface area contributed by atoms with E-state index in [4.69, 9.17) is 38.6 Å². The predicted octanol–water partition coefficient (Wildman–Crippen LogP) is 3.34. The number of amides is 1. The summed E-state index contributed by atoms with van der Waals surface area (Å²) in [4.78, 5) is 81.3. The topological polar surface area (TPSA) is 222 Å². The van der Waals surface area contributed by atoms with Gasteiger partial charge in [-0.2, -0.15) is 9.78 Å². The predicted molar refractivity (Wildman–Crippen MR) is 174 cm³/mol. The number of rotatable bonds is 32. The van der Waals surface area contributed by atoms with Crippen molar-refractivity contribution < 1.29 is 77.4 Å².